The summed E-state index contributed by atoms with van der Waals surface area (Å²) in [6.07, 6.45) is 9.30. The molecule has 106 valence electrons. The molecule has 0 radical (unpaired) electrons. The lowest BCUT2D eigenvalue weighted by molar-refractivity contribution is 0.449. The molecule has 19 heavy (non-hydrogen) atoms. The summed E-state index contributed by atoms with van der Waals surface area (Å²) in [4.78, 5) is 0. The fourth-order valence-electron chi connectivity index (χ4n) is 3.43. The summed E-state index contributed by atoms with van der Waals surface area (Å²) in [5.74, 6) is 0.767. The molecule has 1 aromatic carbocycles. The maximum absolute atomic E-state index is 3.66. The van der Waals surface area contributed by atoms with Gasteiger partial charge in [0.2, 0.25) is 0 Å². The molecule has 2 atom stereocenters. The fraction of sp³-hybridized carbons (Fsp3) is 0.667. The van der Waals surface area contributed by atoms with Crippen LogP contribution >= 0.6 is 0 Å². The maximum atomic E-state index is 3.66. The van der Waals surface area contributed by atoms with Gasteiger partial charge >= 0.3 is 0 Å². The molecule has 1 aliphatic rings. The van der Waals surface area contributed by atoms with Crippen molar-refractivity contribution in [1.82, 2.24) is 5.32 Å². The van der Waals surface area contributed by atoms with E-state index in [-0.39, 0.29) is 0 Å². The van der Waals surface area contributed by atoms with E-state index < -0.39 is 0 Å². The van der Waals surface area contributed by atoms with E-state index in [1.54, 1.807) is 5.56 Å². The maximum Gasteiger partial charge on any atom is 0.00727 e. The third-order valence-electron chi connectivity index (χ3n) is 4.38. The number of aryl methyl sites for hydroxylation is 1. The zero-order valence-corrected chi connectivity index (χ0v) is 12.6. The van der Waals surface area contributed by atoms with Gasteiger partial charge in [-0.3, -0.25) is 0 Å². The van der Waals surface area contributed by atoms with Crippen LogP contribution in [0.15, 0.2) is 24.3 Å². The summed E-state index contributed by atoms with van der Waals surface area (Å²) in [5, 5.41) is 3.66. The van der Waals surface area contributed by atoms with Crippen molar-refractivity contribution in [3.63, 3.8) is 0 Å². The SMILES string of the molecule is CCCc1cccc(C2CCCCC(NCC)C2)c1. The minimum absolute atomic E-state index is 0.729. The molecule has 1 aliphatic carbocycles. The molecule has 1 nitrogen and oxygen atoms in total. The minimum atomic E-state index is 0.729. The van der Waals surface area contributed by atoms with E-state index in [0.29, 0.717) is 0 Å². The highest BCUT2D eigenvalue weighted by atomic mass is 14.9. The van der Waals surface area contributed by atoms with Crippen molar-refractivity contribution < 1.29 is 0 Å². The molecule has 2 rings (SSSR count). The first-order chi connectivity index (χ1) is 9.33. The molecule has 0 spiro atoms. The van der Waals surface area contributed by atoms with Gasteiger partial charge < -0.3 is 5.32 Å². The van der Waals surface area contributed by atoms with E-state index in [1.165, 1.54) is 50.5 Å². The van der Waals surface area contributed by atoms with Gasteiger partial charge in [0, 0.05) is 6.04 Å². The van der Waals surface area contributed by atoms with Gasteiger partial charge in [0.15, 0.2) is 0 Å². The van der Waals surface area contributed by atoms with Crippen LogP contribution in [0.5, 0.6) is 0 Å². The van der Waals surface area contributed by atoms with Crippen molar-refractivity contribution in [2.45, 2.75) is 70.8 Å². The molecule has 0 aromatic heterocycles. The lowest BCUT2D eigenvalue weighted by atomic mass is 9.89. The summed E-state index contributed by atoms with van der Waals surface area (Å²) < 4.78 is 0. The molecule has 0 aliphatic heterocycles. The number of benzene rings is 1. The smallest absolute Gasteiger partial charge is 0.00727 e. The summed E-state index contributed by atoms with van der Waals surface area (Å²) in [6, 6.07) is 10.1. The third kappa shape index (κ3) is 4.35. The van der Waals surface area contributed by atoms with Gasteiger partial charge in [0.05, 0.1) is 0 Å². The van der Waals surface area contributed by atoms with Gasteiger partial charge in [-0.05, 0) is 49.3 Å². The summed E-state index contributed by atoms with van der Waals surface area (Å²) >= 11 is 0. The zero-order valence-electron chi connectivity index (χ0n) is 12.6. The number of hydrogen-bond donors (Lipinski definition) is 1. The average Bonchev–Trinajstić information content (AvgIpc) is 2.66. The second-order valence-corrected chi connectivity index (χ2v) is 5.97. The van der Waals surface area contributed by atoms with Gasteiger partial charge in [0.1, 0.15) is 0 Å². The highest BCUT2D eigenvalue weighted by Crippen LogP contribution is 2.32. The first-order valence-corrected chi connectivity index (χ1v) is 8.15. The van der Waals surface area contributed by atoms with Crippen molar-refractivity contribution >= 4 is 0 Å². The van der Waals surface area contributed by atoms with E-state index >= 15 is 0 Å². The molecule has 1 saturated carbocycles. The van der Waals surface area contributed by atoms with E-state index in [2.05, 4.69) is 43.4 Å². The predicted octanol–water partition coefficient (Wildman–Crippen LogP) is 4.66. The first-order valence-electron chi connectivity index (χ1n) is 8.15. The van der Waals surface area contributed by atoms with Crippen molar-refractivity contribution in [2.24, 2.45) is 0 Å². The van der Waals surface area contributed by atoms with Crippen LogP contribution in [0.25, 0.3) is 0 Å². The number of hydrogen-bond acceptors (Lipinski definition) is 1. The van der Waals surface area contributed by atoms with Crippen LogP contribution in [0, 0.1) is 0 Å². The van der Waals surface area contributed by atoms with E-state index in [4.69, 9.17) is 0 Å². The van der Waals surface area contributed by atoms with Crippen LogP contribution in [0.2, 0.25) is 0 Å². The monoisotopic (exact) mass is 259 g/mol. The molecular weight excluding hydrogens is 230 g/mol. The van der Waals surface area contributed by atoms with E-state index in [0.717, 1.165) is 18.5 Å². The number of rotatable bonds is 5. The molecule has 0 saturated heterocycles. The Morgan fingerprint density at radius 2 is 2.00 bits per heavy atom. The second kappa shape index (κ2) is 7.69. The Hall–Kier alpha value is -0.820. The molecular formula is C18H29N. The molecule has 0 heterocycles. The molecule has 1 heteroatoms. The predicted molar refractivity (Wildman–Crippen MR) is 83.7 cm³/mol. The van der Waals surface area contributed by atoms with Crippen molar-refractivity contribution in [3.05, 3.63) is 35.4 Å². The Labute approximate surface area is 118 Å². The van der Waals surface area contributed by atoms with Crippen molar-refractivity contribution in [3.8, 4) is 0 Å². The summed E-state index contributed by atoms with van der Waals surface area (Å²) in [5.41, 5.74) is 3.10. The third-order valence-corrected chi connectivity index (χ3v) is 4.38. The Balaban J connectivity index is 2.07. The highest BCUT2D eigenvalue weighted by molar-refractivity contribution is 5.27. The minimum Gasteiger partial charge on any atom is -0.314 e. The average molecular weight is 259 g/mol. The Morgan fingerprint density at radius 3 is 2.79 bits per heavy atom. The van der Waals surface area contributed by atoms with Crippen LogP contribution in [-0.4, -0.2) is 12.6 Å². The van der Waals surface area contributed by atoms with Crippen LogP contribution in [-0.2, 0) is 6.42 Å². The summed E-state index contributed by atoms with van der Waals surface area (Å²) in [6.45, 7) is 5.59. The van der Waals surface area contributed by atoms with Crippen molar-refractivity contribution in [2.75, 3.05) is 6.54 Å². The van der Waals surface area contributed by atoms with Crippen molar-refractivity contribution in [1.29, 1.82) is 0 Å². The Morgan fingerprint density at radius 1 is 1.16 bits per heavy atom. The Kier molecular flexibility index (Phi) is 5.91. The molecule has 1 N–H and O–H groups in total. The van der Waals surface area contributed by atoms with Crippen LogP contribution in [0.3, 0.4) is 0 Å². The zero-order chi connectivity index (χ0) is 13.5. The van der Waals surface area contributed by atoms with E-state index in [9.17, 15) is 0 Å². The molecule has 1 aromatic rings. The van der Waals surface area contributed by atoms with Gasteiger partial charge in [-0.2, -0.15) is 0 Å². The highest BCUT2D eigenvalue weighted by Gasteiger charge is 2.20. The largest absolute Gasteiger partial charge is 0.314 e. The fourth-order valence-corrected chi connectivity index (χ4v) is 3.43. The quantitative estimate of drug-likeness (QED) is 0.758. The van der Waals surface area contributed by atoms with Gasteiger partial charge in [-0.25, -0.2) is 0 Å². The molecule has 0 bridgehead atoms. The van der Waals surface area contributed by atoms with Crippen LogP contribution < -0.4 is 5.32 Å². The molecule has 2 unspecified atom stereocenters. The topological polar surface area (TPSA) is 12.0 Å². The summed E-state index contributed by atoms with van der Waals surface area (Å²) in [7, 11) is 0. The van der Waals surface area contributed by atoms with Crippen LogP contribution in [0.4, 0.5) is 0 Å². The molecule has 0 amide bonds. The lowest BCUT2D eigenvalue weighted by Crippen LogP contribution is -2.29. The lowest BCUT2D eigenvalue weighted by Gasteiger charge is -2.21. The van der Waals surface area contributed by atoms with Gasteiger partial charge in [0.25, 0.3) is 0 Å². The standard InChI is InChI=1S/C18H29N/c1-3-8-15-9-7-11-16(13-15)17-10-5-6-12-18(14-17)19-4-2/h7,9,11,13,17-19H,3-6,8,10,12,14H2,1-2H3. The molecule has 1 fully saturated rings. The van der Waals surface area contributed by atoms with Crippen LogP contribution in [0.1, 0.15) is 69.4 Å². The van der Waals surface area contributed by atoms with Gasteiger partial charge in [-0.1, -0.05) is 57.4 Å². The first kappa shape index (κ1) is 14.6. The van der Waals surface area contributed by atoms with E-state index in [1.807, 2.05) is 0 Å². The van der Waals surface area contributed by atoms with Gasteiger partial charge in [-0.15, -0.1) is 0 Å². The number of nitrogens with one attached hydrogen (secondary N) is 1. The second-order valence-electron chi connectivity index (χ2n) is 5.97. The normalized spacial score (nSPS) is 24.1. The Bertz CT molecular complexity index is 372.